The highest BCUT2D eigenvalue weighted by atomic mass is 32.2. The Morgan fingerprint density at radius 2 is 1.58 bits per heavy atom. The molecule has 0 unspecified atom stereocenters. The predicted octanol–water partition coefficient (Wildman–Crippen LogP) is 3.17. The monoisotopic (exact) mass is 560 g/mol. The third-order valence-electron chi connectivity index (χ3n) is 5.87. The summed E-state index contributed by atoms with van der Waals surface area (Å²) in [6, 6.07) is 13.8. The Morgan fingerprint density at radius 1 is 0.921 bits per heavy atom. The minimum atomic E-state index is -3.60. The zero-order valence-electron chi connectivity index (χ0n) is 21.3. The van der Waals surface area contributed by atoms with Gasteiger partial charge in [0.2, 0.25) is 26.0 Å². The lowest BCUT2D eigenvalue weighted by Crippen LogP contribution is -2.26. The first-order valence-corrected chi connectivity index (χ1v) is 15.2. The van der Waals surface area contributed by atoms with E-state index in [0.29, 0.717) is 37.0 Å². The van der Waals surface area contributed by atoms with Crippen LogP contribution in [0.2, 0.25) is 0 Å². The van der Waals surface area contributed by atoms with E-state index in [1.165, 1.54) is 12.1 Å². The van der Waals surface area contributed by atoms with Gasteiger partial charge in [0.1, 0.15) is 5.82 Å². The smallest absolute Gasteiger partial charge is 0.240 e. The summed E-state index contributed by atoms with van der Waals surface area (Å²) in [5, 5.41) is 6.10. The van der Waals surface area contributed by atoms with Crippen LogP contribution in [-0.2, 0) is 31.3 Å². The van der Waals surface area contributed by atoms with Crippen molar-refractivity contribution in [2.45, 2.75) is 42.9 Å². The lowest BCUT2D eigenvalue weighted by Gasteiger charge is -2.12. The highest BCUT2D eigenvalue weighted by Gasteiger charge is 2.35. The number of ether oxygens (including phenoxy) is 1. The second kappa shape index (κ2) is 12.2. The standard InChI is InChI=1S/C25H32N6O5S2/c1-18-16-26-25(30-21-8-10-22(11-9-21)37(32,33)27-14-3-15-36-2)31-24(18)29-20-6-4-19(5-7-20)17-28-38(34,35)23-12-13-23/h4-11,16,23,27-28H,3,12-15,17H2,1-2H3,(H2,26,29,30,31). The highest BCUT2D eigenvalue weighted by molar-refractivity contribution is 7.90. The third-order valence-corrected chi connectivity index (χ3v) is 9.24. The van der Waals surface area contributed by atoms with Crippen LogP contribution in [-0.4, -0.2) is 52.3 Å². The van der Waals surface area contributed by atoms with Crippen molar-refractivity contribution in [3.8, 4) is 0 Å². The highest BCUT2D eigenvalue weighted by Crippen LogP contribution is 2.27. The fourth-order valence-corrected chi connectivity index (χ4v) is 5.94. The largest absolute Gasteiger partial charge is 0.385 e. The average molecular weight is 561 g/mol. The van der Waals surface area contributed by atoms with Gasteiger partial charge in [0.25, 0.3) is 0 Å². The molecule has 1 fully saturated rings. The summed E-state index contributed by atoms with van der Waals surface area (Å²) in [5.74, 6) is 0.946. The molecule has 38 heavy (non-hydrogen) atoms. The van der Waals surface area contributed by atoms with Crippen molar-refractivity contribution < 1.29 is 21.6 Å². The number of sulfonamides is 2. The summed E-state index contributed by atoms with van der Waals surface area (Å²) < 4.78 is 59.0. The Hall–Kier alpha value is -3.10. The number of hydrogen-bond acceptors (Lipinski definition) is 9. The van der Waals surface area contributed by atoms with Crippen molar-refractivity contribution in [1.82, 2.24) is 19.4 Å². The number of hydrogen-bond donors (Lipinski definition) is 4. The molecule has 0 bridgehead atoms. The van der Waals surface area contributed by atoms with E-state index >= 15 is 0 Å². The van der Waals surface area contributed by atoms with Gasteiger partial charge in [0.15, 0.2) is 0 Å². The van der Waals surface area contributed by atoms with Crippen molar-refractivity contribution in [2.24, 2.45) is 0 Å². The van der Waals surface area contributed by atoms with Crippen LogP contribution in [0, 0.1) is 6.92 Å². The van der Waals surface area contributed by atoms with Gasteiger partial charge in [-0.15, -0.1) is 0 Å². The molecule has 0 saturated heterocycles. The van der Waals surface area contributed by atoms with Crippen molar-refractivity contribution in [3.63, 3.8) is 0 Å². The van der Waals surface area contributed by atoms with Crippen LogP contribution in [0.4, 0.5) is 23.1 Å². The molecule has 3 aromatic rings. The second-order valence-electron chi connectivity index (χ2n) is 9.01. The summed E-state index contributed by atoms with van der Waals surface area (Å²) in [7, 11) is -5.25. The number of benzene rings is 2. The van der Waals surface area contributed by atoms with Crippen LogP contribution in [0.15, 0.2) is 59.6 Å². The second-order valence-corrected chi connectivity index (χ2v) is 12.8. The van der Waals surface area contributed by atoms with Crippen LogP contribution in [0.3, 0.4) is 0 Å². The first-order chi connectivity index (χ1) is 18.2. The Bertz CT molecular complexity index is 1440. The summed E-state index contributed by atoms with van der Waals surface area (Å²) in [6.45, 7) is 2.91. The number of rotatable bonds is 14. The van der Waals surface area contributed by atoms with Gasteiger partial charge in [0, 0.05) is 49.9 Å². The first-order valence-electron chi connectivity index (χ1n) is 12.2. The summed E-state index contributed by atoms with van der Waals surface area (Å²) in [5.41, 5.74) is 3.12. The average Bonchev–Trinajstić information content (AvgIpc) is 3.75. The normalized spacial score (nSPS) is 13.8. The van der Waals surface area contributed by atoms with E-state index in [0.717, 1.165) is 29.7 Å². The molecule has 0 amide bonds. The number of aromatic nitrogens is 2. The number of nitrogens with zero attached hydrogens (tertiary/aromatic N) is 2. The van der Waals surface area contributed by atoms with Crippen LogP contribution in [0.5, 0.6) is 0 Å². The molecule has 4 rings (SSSR count). The molecule has 0 radical (unpaired) electrons. The minimum Gasteiger partial charge on any atom is -0.385 e. The van der Waals surface area contributed by atoms with Crippen molar-refractivity contribution in [3.05, 3.63) is 65.9 Å². The Balaban J connectivity index is 1.36. The molecule has 1 saturated carbocycles. The zero-order chi connectivity index (χ0) is 27.2. The van der Waals surface area contributed by atoms with Crippen LogP contribution in [0.1, 0.15) is 30.4 Å². The summed E-state index contributed by atoms with van der Waals surface area (Å²) in [4.78, 5) is 9.02. The molecule has 11 nitrogen and oxygen atoms in total. The summed E-state index contributed by atoms with van der Waals surface area (Å²) >= 11 is 0. The fourth-order valence-electron chi connectivity index (χ4n) is 3.50. The zero-order valence-corrected chi connectivity index (χ0v) is 22.9. The quantitative estimate of drug-likeness (QED) is 0.218. The van der Waals surface area contributed by atoms with E-state index < -0.39 is 20.0 Å². The molecular formula is C25H32N6O5S2. The van der Waals surface area contributed by atoms with Gasteiger partial charge in [-0.05, 0) is 68.1 Å². The topological polar surface area (TPSA) is 151 Å². The Labute approximate surface area is 223 Å². The number of aryl methyl sites for hydroxylation is 1. The van der Waals surface area contributed by atoms with E-state index in [4.69, 9.17) is 4.74 Å². The van der Waals surface area contributed by atoms with Gasteiger partial charge < -0.3 is 15.4 Å². The molecular weight excluding hydrogens is 528 g/mol. The van der Waals surface area contributed by atoms with Gasteiger partial charge in [0.05, 0.1) is 10.1 Å². The molecule has 4 N–H and O–H groups in total. The van der Waals surface area contributed by atoms with E-state index in [9.17, 15) is 16.8 Å². The molecule has 0 aliphatic heterocycles. The van der Waals surface area contributed by atoms with Gasteiger partial charge in [-0.3, -0.25) is 0 Å². The third kappa shape index (κ3) is 7.71. The van der Waals surface area contributed by atoms with Gasteiger partial charge in [-0.2, -0.15) is 4.98 Å². The maximum atomic E-state index is 12.4. The lowest BCUT2D eigenvalue weighted by atomic mass is 10.2. The maximum absolute atomic E-state index is 12.4. The van der Waals surface area contributed by atoms with E-state index in [1.54, 1.807) is 25.4 Å². The molecule has 1 aromatic heterocycles. The van der Waals surface area contributed by atoms with Crippen LogP contribution in [0.25, 0.3) is 0 Å². The number of anilines is 4. The van der Waals surface area contributed by atoms with Gasteiger partial charge >= 0.3 is 0 Å². The first kappa shape index (κ1) is 27.9. The molecule has 1 aliphatic rings. The van der Waals surface area contributed by atoms with Crippen molar-refractivity contribution in [2.75, 3.05) is 30.9 Å². The maximum Gasteiger partial charge on any atom is 0.240 e. The lowest BCUT2D eigenvalue weighted by molar-refractivity contribution is 0.196. The number of nitrogens with one attached hydrogen (secondary N) is 4. The van der Waals surface area contributed by atoms with Gasteiger partial charge in [-0.25, -0.2) is 31.3 Å². The number of methoxy groups -OCH3 is 1. The minimum absolute atomic E-state index is 0.163. The van der Waals surface area contributed by atoms with Crippen molar-refractivity contribution >= 4 is 43.2 Å². The van der Waals surface area contributed by atoms with Crippen LogP contribution < -0.4 is 20.1 Å². The molecule has 0 atom stereocenters. The Kier molecular flexibility index (Phi) is 8.95. The molecule has 204 valence electrons. The molecule has 1 heterocycles. The predicted molar refractivity (Wildman–Crippen MR) is 147 cm³/mol. The molecule has 2 aromatic carbocycles. The molecule has 13 heteroatoms. The van der Waals surface area contributed by atoms with Crippen molar-refractivity contribution in [1.29, 1.82) is 0 Å². The Morgan fingerprint density at radius 3 is 2.24 bits per heavy atom. The molecule has 0 spiro atoms. The molecule has 1 aliphatic carbocycles. The van der Waals surface area contributed by atoms with Crippen LogP contribution >= 0.6 is 0 Å². The van der Waals surface area contributed by atoms with E-state index in [-0.39, 0.29) is 16.7 Å². The SMILES string of the molecule is COCCCNS(=O)(=O)c1ccc(Nc2ncc(C)c(Nc3ccc(CNS(=O)(=O)C4CC4)cc3)n2)cc1. The summed E-state index contributed by atoms with van der Waals surface area (Å²) in [6.07, 6.45) is 3.73. The van der Waals surface area contributed by atoms with E-state index in [2.05, 4.69) is 30.0 Å². The fraction of sp³-hybridized carbons (Fsp3) is 0.360. The van der Waals surface area contributed by atoms with Gasteiger partial charge in [-0.1, -0.05) is 12.1 Å². The van der Waals surface area contributed by atoms with E-state index in [1.807, 2.05) is 31.2 Å².